The predicted octanol–water partition coefficient (Wildman–Crippen LogP) is 4.58. The molecule has 0 fully saturated rings. The number of allylic oxidation sites excluding steroid dienone is 2. The zero-order valence-corrected chi connectivity index (χ0v) is 17.7. The van der Waals surface area contributed by atoms with Crippen LogP contribution in [-0.4, -0.2) is 31.7 Å². The van der Waals surface area contributed by atoms with Crippen LogP contribution in [0.4, 0.5) is 4.39 Å². The number of rotatable bonds is 4. The van der Waals surface area contributed by atoms with Crippen molar-refractivity contribution in [1.29, 1.82) is 0 Å². The summed E-state index contributed by atoms with van der Waals surface area (Å²) in [5.41, 5.74) is 3.35. The molecule has 31 heavy (non-hydrogen) atoms. The molecule has 0 saturated carbocycles. The van der Waals surface area contributed by atoms with Gasteiger partial charge in [-0.05, 0) is 54.7 Å². The van der Waals surface area contributed by atoms with E-state index in [1.807, 2.05) is 24.3 Å². The Labute approximate surface area is 180 Å². The van der Waals surface area contributed by atoms with E-state index in [1.165, 1.54) is 19.2 Å². The van der Waals surface area contributed by atoms with Gasteiger partial charge in [-0.2, -0.15) is 0 Å². The molecule has 2 aromatic rings. The molecule has 3 atom stereocenters. The lowest BCUT2D eigenvalue weighted by Gasteiger charge is -2.36. The standard InChI is InChI=1S/C25H24FNO4/c1-14-22(25(29)31-3)23(16-5-4-6-18(26)11-16)24-20(27-14)12-17(13-21(24)28)15-7-9-19(30-2)10-8-15/h4-11,17,22-23H,12-13H2,1-3H3/t17-,22?,23-/m1/s1. The molecule has 0 spiro atoms. The van der Waals surface area contributed by atoms with Crippen LogP contribution in [0.5, 0.6) is 5.75 Å². The fraction of sp³-hybridized carbons (Fsp3) is 0.320. The van der Waals surface area contributed by atoms with E-state index in [1.54, 1.807) is 26.2 Å². The summed E-state index contributed by atoms with van der Waals surface area (Å²) in [6.45, 7) is 1.76. The van der Waals surface area contributed by atoms with E-state index in [0.717, 1.165) is 11.3 Å². The van der Waals surface area contributed by atoms with Crippen LogP contribution >= 0.6 is 0 Å². The molecule has 2 aromatic carbocycles. The second-order valence-electron chi connectivity index (χ2n) is 7.95. The number of carbonyl (C=O) groups is 2. The van der Waals surface area contributed by atoms with Crippen LogP contribution in [-0.2, 0) is 14.3 Å². The number of methoxy groups -OCH3 is 2. The number of halogens is 1. The summed E-state index contributed by atoms with van der Waals surface area (Å²) in [7, 11) is 2.92. The van der Waals surface area contributed by atoms with Gasteiger partial charge in [0.25, 0.3) is 0 Å². The van der Waals surface area contributed by atoms with Crippen molar-refractivity contribution in [1.82, 2.24) is 0 Å². The molecule has 2 aliphatic rings. The Morgan fingerprint density at radius 3 is 2.45 bits per heavy atom. The third-order valence-corrected chi connectivity index (χ3v) is 6.14. The Morgan fingerprint density at radius 1 is 1.06 bits per heavy atom. The monoisotopic (exact) mass is 421 g/mol. The van der Waals surface area contributed by atoms with Crippen LogP contribution in [0.2, 0.25) is 0 Å². The molecule has 6 heteroatoms. The van der Waals surface area contributed by atoms with Gasteiger partial charge in [-0.1, -0.05) is 24.3 Å². The van der Waals surface area contributed by atoms with Gasteiger partial charge in [-0.3, -0.25) is 14.6 Å². The summed E-state index contributed by atoms with van der Waals surface area (Å²) in [4.78, 5) is 30.7. The van der Waals surface area contributed by atoms with Crippen molar-refractivity contribution < 1.29 is 23.5 Å². The molecular formula is C25H24FNO4. The first-order chi connectivity index (χ1) is 14.9. The van der Waals surface area contributed by atoms with Gasteiger partial charge in [0.05, 0.1) is 14.2 Å². The highest BCUT2D eigenvalue weighted by Gasteiger charge is 2.44. The Bertz CT molecular complexity index is 1090. The van der Waals surface area contributed by atoms with Crippen molar-refractivity contribution in [3.05, 3.63) is 76.7 Å². The highest BCUT2D eigenvalue weighted by molar-refractivity contribution is 6.09. The van der Waals surface area contributed by atoms with E-state index in [-0.39, 0.29) is 11.7 Å². The molecule has 160 valence electrons. The van der Waals surface area contributed by atoms with Gasteiger partial charge in [0.1, 0.15) is 17.5 Å². The van der Waals surface area contributed by atoms with E-state index in [9.17, 15) is 14.0 Å². The number of aliphatic imine (C=N–C) groups is 1. The minimum atomic E-state index is -0.757. The van der Waals surface area contributed by atoms with Gasteiger partial charge in [0, 0.05) is 29.3 Å². The molecule has 0 bridgehead atoms. The number of esters is 1. The second kappa shape index (κ2) is 8.46. The summed E-state index contributed by atoms with van der Waals surface area (Å²) in [6, 6.07) is 13.7. The first-order valence-electron chi connectivity index (χ1n) is 10.2. The molecule has 1 aliphatic heterocycles. The maximum atomic E-state index is 14.0. The molecule has 0 aromatic heterocycles. The fourth-order valence-electron chi connectivity index (χ4n) is 4.66. The van der Waals surface area contributed by atoms with Crippen molar-refractivity contribution >= 4 is 17.5 Å². The van der Waals surface area contributed by atoms with Gasteiger partial charge in [0.15, 0.2) is 5.78 Å². The lowest BCUT2D eigenvalue weighted by molar-refractivity contribution is -0.143. The van der Waals surface area contributed by atoms with E-state index in [0.29, 0.717) is 35.4 Å². The zero-order valence-electron chi connectivity index (χ0n) is 17.7. The molecule has 5 nitrogen and oxygen atoms in total. The van der Waals surface area contributed by atoms with Gasteiger partial charge < -0.3 is 9.47 Å². The summed E-state index contributed by atoms with van der Waals surface area (Å²) < 4.78 is 24.3. The number of benzene rings is 2. The summed E-state index contributed by atoms with van der Waals surface area (Å²) >= 11 is 0. The normalized spacial score (nSPS) is 23.2. The third kappa shape index (κ3) is 3.90. The average molecular weight is 421 g/mol. The van der Waals surface area contributed by atoms with E-state index >= 15 is 0 Å². The van der Waals surface area contributed by atoms with Gasteiger partial charge in [-0.25, -0.2) is 4.39 Å². The molecule has 1 heterocycles. The van der Waals surface area contributed by atoms with Crippen LogP contribution in [0.3, 0.4) is 0 Å². The minimum Gasteiger partial charge on any atom is -0.497 e. The number of hydrogen-bond acceptors (Lipinski definition) is 5. The zero-order chi connectivity index (χ0) is 22.1. The smallest absolute Gasteiger partial charge is 0.315 e. The minimum absolute atomic E-state index is 0.0171. The maximum Gasteiger partial charge on any atom is 0.315 e. The molecular weight excluding hydrogens is 397 g/mol. The van der Waals surface area contributed by atoms with Crippen molar-refractivity contribution in [2.24, 2.45) is 10.9 Å². The van der Waals surface area contributed by atoms with Crippen molar-refractivity contribution in [3.63, 3.8) is 0 Å². The molecule has 0 saturated heterocycles. The van der Waals surface area contributed by atoms with Crippen LogP contribution in [0.15, 0.2) is 64.8 Å². The Kier molecular flexibility index (Phi) is 5.72. The Hall–Kier alpha value is -3.28. The molecule has 0 radical (unpaired) electrons. The van der Waals surface area contributed by atoms with Gasteiger partial charge in [0.2, 0.25) is 0 Å². The van der Waals surface area contributed by atoms with Crippen LogP contribution in [0.25, 0.3) is 0 Å². The summed E-state index contributed by atoms with van der Waals surface area (Å²) in [6.07, 6.45) is 0.879. The lowest BCUT2D eigenvalue weighted by atomic mass is 9.69. The highest BCUT2D eigenvalue weighted by atomic mass is 19.1. The summed E-state index contributed by atoms with van der Waals surface area (Å²) in [5, 5.41) is 0. The Balaban J connectivity index is 1.78. The largest absolute Gasteiger partial charge is 0.497 e. The van der Waals surface area contributed by atoms with E-state index in [2.05, 4.69) is 4.99 Å². The lowest BCUT2D eigenvalue weighted by Crippen LogP contribution is -2.37. The van der Waals surface area contributed by atoms with Gasteiger partial charge >= 0.3 is 5.97 Å². The SMILES string of the molecule is COC(=O)C1C(C)=NC2=C(C(=O)C[C@H](c3ccc(OC)cc3)C2)[C@@H]1c1cccc(F)c1. The number of Topliss-reactive ketones (excluding diaryl/α,β-unsaturated/α-hetero) is 1. The second-order valence-corrected chi connectivity index (χ2v) is 7.95. The quantitative estimate of drug-likeness (QED) is 0.678. The maximum absolute atomic E-state index is 14.0. The van der Waals surface area contributed by atoms with Crippen LogP contribution in [0.1, 0.15) is 42.7 Å². The molecule has 1 unspecified atom stereocenters. The molecule has 4 rings (SSSR count). The van der Waals surface area contributed by atoms with Crippen molar-refractivity contribution in [2.45, 2.75) is 31.6 Å². The number of ether oxygens (including phenoxy) is 2. The number of nitrogens with zero attached hydrogens (tertiary/aromatic N) is 1. The number of ketones is 1. The number of hydrogen-bond donors (Lipinski definition) is 0. The van der Waals surface area contributed by atoms with Crippen LogP contribution < -0.4 is 4.74 Å². The fourth-order valence-corrected chi connectivity index (χ4v) is 4.66. The Morgan fingerprint density at radius 2 is 1.81 bits per heavy atom. The first-order valence-corrected chi connectivity index (χ1v) is 10.2. The average Bonchev–Trinajstić information content (AvgIpc) is 2.77. The molecule has 0 N–H and O–H groups in total. The van der Waals surface area contributed by atoms with E-state index < -0.39 is 23.6 Å². The van der Waals surface area contributed by atoms with Crippen LogP contribution in [0, 0.1) is 11.7 Å². The van der Waals surface area contributed by atoms with Crippen molar-refractivity contribution in [2.75, 3.05) is 14.2 Å². The van der Waals surface area contributed by atoms with E-state index in [4.69, 9.17) is 9.47 Å². The first kappa shape index (κ1) is 21.0. The highest BCUT2D eigenvalue weighted by Crippen LogP contribution is 2.46. The third-order valence-electron chi connectivity index (χ3n) is 6.14. The van der Waals surface area contributed by atoms with Crippen molar-refractivity contribution in [3.8, 4) is 5.75 Å². The molecule has 0 amide bonds. The topological polar surface area (TPSA) is 65.0 Å². The van der Waals surface area contributed by atoms with Gasteiger partial charge in [-0.15, -0.1) is 0 Å². The molecule has 1 aliphatic carbocycles. The summed E-state index contributed by atoms with van der Waals surface area (Å²) in [5.74, 6) is -1.59. The predicted molar refractivity (Wildman–Crippen MR) is 115 cm³/mol. The number of carbonyl (C=O) groups excluding carboxylic acids is 2.